The largest absolute Gasteiger partial charge is 0.463 e. The number of esters is 1. The predicted molar refractivity (Wildman–Crippen MR) is 93.5 cm³/mol. The molecule has 6 nitrogen and oxygen atoms in total. The van der Waals surface area contributed by atoms with Crippen molar-refractivity contribution >= 4 is 5.97 Å². The van der Waals surface area contributed by atoms with Gasteiger partial charge in [-0.1, -0.05) is 29.8 Å². The molecule has 6 heteroatoms. The van der Waals surface area contributed by atoms with Crippen molar-refractivity contribution in [1.82, 2.24) is 10.2 Å². The van der Waals surface area contributed by atoms with Crippen LogP contribution in [0.15, 0.2) is 29.1 Å². The molecule has 0 amide bonds. The molecular weight excluding hydrogens is 320 g/mol. The van der Waals surface area contributed by atoms with E-state index in [2.05, 4.69) is 10.2 Å². The highest BCUT2D eigenvalue weighted by molar-refractivity contribution is 5.77. The lowest BCUT2D eigenvalue weighted by Crippen LogP contribution is -2.50. The second-order valence-electron chi connectivity index (χ2n) is 7.36. The summed E-state index contributed by atoms with van der Waals surface area (Å²) >= 11 is 0. The molecule has 0 saturated carbocycles. The van der Waals surface area contributed by atoms with Gasteiger partial charge in [-0.05, 0) is 33.3 Å². The molecular formula is C19H24N2O4. The van der Waals surface area contributed by atoms with Gasteiger partial charge in [0.15, 0.2) is 0 Å². The molecule has 0 spiro atoms. The lowest BCUT2D eigenvalue weighted by Gasteiger charge is -2.40. The third-order valence-corrected chi connectivity index (χ3v) is 4.79. The van der Waals surface area contributed by atoms with Crippen LogP contribution in [-0.2, 0) is 16.0 Å². The Bertz CT molecular complexity index is 830. The van der Waals surface area contributed by atoms with Crippen LogP contribution in [0, 0.1) is 12.8 Å². The van der Waals surface area contributed by atoms with Crippen molar-refractivity contribution in [3.8, 4) is 0 Å². The first-order valence-electron chi connectivity index (χ1n) is 8.49. The number of carbonyl (C=O) groups is 1. The summed E-state index contributed by atoms with van der Waals surface area (Å²) in [5, 5.41) is 16.5. The number of aliphatic hydroxyl groups is 1. The summed E-state index contributed by atoms with van der Waals surface area (Å²) < 4.78 is 5.41. The highest BCUT2D eigenvalue weighted by Gasteiger charge is 2.51. The van der Waals surface area contributed by atoms with Gasteiger partial charge in [0.25, 0.3) is 5.56 Å². The van der Waals surface area contributed by atoms with Crippen molar-refractivity contribution in [2.75, 3.05) is 0 Å². The lowest BCUT2D eigenvalue weighted by atomic mass is 9.66. The number of aromatic amines is 2. The minimum atomic E-state index is -1.33. The molecule has 0 fully saturated rings. The van der Waals surface area contributed by atoms with Gasteiger partial charge in [-0.15, -0.1) is 0 Å². The first-order chi connectivity index (χ1) is 11.7. The zero-order valence-corrected chi connectivity index (χ0v) is 14.9. The van der Waals surface area contributed by atoms with Crippen LogP contribution in [0.4, 0.5) is 0 Å². The first kappa shape index (κ1) is 17.5. The van der Waals surface area contributed by atoms with E-state index < -0.39 is 23.4 Å². The van der Waals surface area contributed by atoms with Crippen LogP contribution in [0.3, 0.4) is 0 Å². The highest BCUT2D eigenvalue weighted by Crippen LogP contribution is 2.44. The number of fused-ring (bicyclic) bond motifs is 1. The molecule has 25 heavy (non-hydrogen) atoms. The maximum atomic E-state index is 12.8. The van der Waals surface area contributed by atoms with Gasteiger partial charge in [-0.2, -0.15) is 0 Å². The Labute approximate surface area is 146 Å². The fraction of sp³-hybridized carbons (Fsp3) is 0.474. The Morgan fingerprint density at radius 1 is 1.28 bits per heavy atom. The van der Waals surface area contributed by atoms with E-state index >= 15 is 0 Å². The van der Waals surface area contributed by atoms with E-state index in [0.29, 0.717) is 11.3 Å². The Kier molecular flexibility index (Phi) is 4.33. The summed E-state index contributed by atoms with van der Waals surface area (Å²) in [6.45, 7) is 7.13. The van der Waals surface area contributed by atoms with Crippen molar-refractivity contribution in [3.05, 3.63) is 57.0 Å². The van der Waals surface area contributed by atoms with E-state index in [4.69, 9.17) is 4.74 Å². The smallest absolute Gasteiger partial charge is 0.313 e. The first-order valence-corrected chi connectivity index (χ1v) is 8.49. The van der Waals surface area contributed by atoms with Gasteiger partial charge in [0.1, 0.15) is 0 Å². The van der Waals surface area contributed by atoms with Crippen molar-refractivity contribution in [3.63, 3.8) is 0 Å². The van der Waals surface area contributed by atoms with Crippen molar-refractivity contribution in [1.29, 1.82) is 0 Å². The Morgan fingerprint density at radius 3 is 2.52 bits per heavy atom. The van der Waals surface area contributed by atoms with Gasteiger partial charge in [0, 0.05) is 23.6 Å². The number of rotatable bonds is 3. The van der Waals surface area contributed by atoms with Crippen LogP contribution in [0.2, 0.25) is 0 Å². The van der Waals surface area contributed by atoms with Gasteiger partial charge in [0.2, 0.25) is 0 Å². The number of aryl methyl sites for hydroxylation is 1. The van der Waals surface area contributed by atoms with Crippen LogP contribution in [0.5, 0.6) is 0 Å². The summed E-state index contributed by atoms with van der Waals surface area (Å²) in [6.07, 6.45) is -0.116. The third kappa shape index (κ3) is 3.14. The van der Waals surface area contributed by atoms with E-state index in [1.807, 2.05) is 31.2 Å². The van der Waals surface area contributed by atoms with Crippen molar-refractivity contribution in [2.24, 2.45) is 5.92 Å². The molecule has 0 bridgehead atoms. The van der Waals surface area contributed by atoms with E-state index in [0.717, 1.165) is 11.1 Å². The third-order valence-electron chi connectivity index (χ3n) is 4.79. The van der Waals surface area contributed by atoms with Gasteiger partial charge < -0.3 is 14.9 Å². The maximum Gasteiger partial charge on any atom is 0.313 e. The molecule has 1 aliphatic rings. The van der Waals surface area contributed by atoms with Crippen LogP contribution < -0.4 is 5.56 Å². The maximum absolute atomic E-state index is 12.8. The molecule has 0 radical (unpaired) electrons. The number of carbonyl (C=O) groups excluding carboxylic acids is 1. The van der Waals surface area contributed by atoms with Crippen LogP contribution in [0.25, 0.3) is 0 Å². The number of aromatic nitrogens is 2. The molecule has 3 rings (SSSR count). The van der Waals surface area contributed by atoms with Crippen molar-refractivity contribution in [2.45, 2.75) is 51.7 Å². The van der Waals surface area contributed by atoms with Gasteiger partial charge >= 0.3 is 5.97 Å². The van der Waals surface area contributed by atoms with E-state index in [-0.39, 0.29) is 18.1 Å². The molecule has 134 valence electrons. The minimum absolute atomic E-state index is 0.182. The minimum Gasteiger partial charge on any atom is -0.463 e. The zero-order chi connectivity index (χ0) is 18.4. The molecule has 0 unspecified atom stereocenters. The molecule has 1 aromatic carbocycles. The summed E-state index contributed by atoms with van der Waals surface area (Å²) in [4.78, 5) is 25.2. The standard InChI is InChI=1S/C19H24N2O4/c1-10(2)25-18(23)16-14(12-7-5-11(3)6-8-12)15-13(9-19(16,4)24)20-21-17(15)22/h5-8,10,14,16,24H,9H2,1-4H3,(H2,20,21,22)/t14-,16-,19+/m0/s1. The number of nitrogens with one attached hydrogen (secondary N) is 2. The number of ether oxygens (including phenoxy) is 1. The summed E-state index contributed by atoms with van der Waals surface area (Å²) in [6, 6.07) is 7.66. The molecule has 3 N–H and O–H groups in total. The van der Waals surface area contributed by atoms with E-state index in [1.54, 1.807) is 20.8 Å². The molecule has 0 aliphatic heterocycles. The summed E-state index contributed by atoms with van der Waals surface area (Å²) in [5.74, 6) is -1.92. The van der Waals surface area contributed by atoms with E-state index in [9.17, 15) is 14.7 Å². The summed E-state index contributed by atoms with van der Waals surface area (Å²) in [7, 11) is 0. The number of H-pyrrole nitrogens is 2. The average molecular weight is 344 g/mol. The van der Waals surface area contributed by atoms with Gasteiger partial charge in [-0.3, -0.25) is 14.7 Å². The van der Waals surface area contributed by atoms with Crippen LogP contribution in [-0.4, -0.2) is 33.0 Å². The normalized spacial score (nSPS) is 25.7. The van der Waals surface area contributed by atoms with Crippen LogP contribution in [0.1, 0.15) is 49.1 Å². The van der Waals surface area contributed by atoms with Crippen molar-refractivity contribution < 1.29 is 14.6 Å². The number of hydrogen-bond donors (Lipinski definition) is 3. The predicted octanol–water partition coefficient (Wildman–Crippen LogP) is 2.02. The highest BCUT2D eigenvalue weighted by atomic mass is 16.5. The SMILES string of the molecule is Cc1ccc([C@H]2c3c([nH][nH]c3=O)C[C@@](C)(O)[C@@H]2C(=O)OC(C)C)cc1. The monoisotopic (exact) mass is 344 g/mol. The van der Waals surface area contributed by atoms with E-state index in [1.165, 1.54) is 0 Å². The second kappa shape index (κ2) is 6.19. The Hall–Kier alpha value is -2.34. The number of hydrogen-bond acceptors (Lipinski definition) is 4. The Morgan fingerprint density at radius 2 is 1.92 bits per heavy atom. The fourth-order valence-electron chi connectivity index (χ4n) is 3.69. The Balaban J connectivity index is 2.18. The van der Waals surface area contributed by atoms with Gasteiger partial charge in [0.05, 0.1) is 17.6 Å². The lowest BCUT2D eigenvalue weighted by molar-refractivity contribution is -0.163. The quantitative estimate of drug-likeness (QED) is 0.742. The summed E-state index contributed by atoms with van der Waals surface area (Å²) in [5.41, 5.74) is 1.42. The molecule has 1 aromatic heterocycles. The molecule has 2 aromatic rings. The molecule has 1 heterocycles. The molecule has 0 saturated heterocycles. The molecule has 1 aliphatic carbocycles. The molecule has 3 atom stereocenters. The van der Waals surface area contributed by atoms with Gasteiger partial charge in [-0.25, -0.2) is 0 Å². The van der Waals surface area contributed by atoms with Crippen LogP contribution >= 0.6 is 0 Å². The second-order valence-corrected chi connectivity index (χ2v) is 7.36. The zero-order valence-electron chi connectivity index (χ0n) is 14.9. The topological polar surface area (TPSA) is 95.2 Å². The average Bonchev–Trinajstić information content (AvgIpc) is 2.85. The number of benzene rings is 1. The fourth-order valence-corrected chi connectivity index (χ4v) is 3.69.